The van der Waals surface area contributed by atoms with E-state index >= 15 is 0 Å². The van der Waals surface area contributed by atoms with Crippen LogP contribution in [0.25, 0.3) is 0 Å². The fourth-order valence-electron chi connectivity index (χ4n) is 1.00. The van der Waals surface area contributed by atoms with Gasteiger partial charge in [-0.1, -0.05) is 17.8 Å². The Morgan fingerprint density at radius 3 is 2.87 bits per heavy atom. The highest BCUT2D eigenvalue weighted by Gasteiger charge is 2.28. The van der Waals surface area contributed by atoms with Crippen molar-refractivity contribution in [2.45, 2.75) is 6.92 Å². The summed E-state index contributed by atoms with van der Waals surface area (Å²) in [6.45, 7) is 2.14. The lowest BCUT2D eigenvalue weighted by Crippen LogP contribution is -2.28. The zero-order valence-corrected chi connectivity index (χ0v) is 9.08. The standard InChI is InChI=1S/C9H11NO4S/c1-2-14-8(12)4-3-5-10-7(11)6-15-9(10)13/h3-4H,2,5-6H2,1H3. The predicted octanol–water partition coefficient (Wildman–Crippen LogP) is 0.801. The Morgan fingerprint density at radius 2 is 2.33 bits per heavy atom. The number of ether oxygens (including phenoxy) is 1. The van der Waals surface area contributed by atoms with Crippen LogP contribution in [0.3, 0.4) is 0 Å². The van der Waals surface area contributed by atoms with Crippen molar-refractivity contribution in [1.82, 2.24) is 4.90 Å². The fourth-order valence-corrected chi connectivity index (χ4v) is 1.74. The zero-order chi connectivity index (χ0) is 11.3. The van der Waals surface area contributed by atoms with E-state index in [4.69, 9.17) is 0 Å². The van der Waals surface area contributed by atoms with Crippen molar-refractivity contribution in [3.05, 3.63) is 12.2 Å². The molecule has 1 fully saturated rings. The van der Waals surface area contributed by atoms with Crippen LogP contribution in [-0.4, -0.2) is 40.9 Å². The molecule has 0 atom stereocenters. The maximum Gasteiger partial charge on any atom is 0.330 e. The first kappa shape index (κ1) is 11.8. The smallest absolute Gasteiger partial charge is 0.330 e. The molecule has 0 aliphatic carbocycles. The number of amides is 2. The highest BCUT2D eigenvalue weighted by atomic mass is 32.2. The topological polar surface area (TPSA) is 63.7 Å². The Morgan fingerprint density at radius 1 is 1.60 bits per heavy atom. The molecule has 0 aromatic heterocycles. The van der Waals surface area contributed by atoms with Crippen LogP contribution in [0.4, 0.5) is 4.79 Å². The highest BCUT2D eigenvalue weighted by Crippen LogP contribution is 2.17. The number of carbonyl (C=O) groups is 3. The Balaban J connectivity index is 2.39. The van der Waals surface area contributed by atoms with Gasteiger partial charge in [-0.2, -0.15) is 0 Å². The molecular formula is C9H11NO4S. The molecular weight excluding hydrogens is 218 g/mol. The van der Waals surface area contributed by atoms with Crippen molar-refractivity contribution in [3.63, 3.8) is 0 Å². The first-order valence-electron chi connectivity index (χ1n) is 4.45. The lowest BCUT2D eigenvalue weighted by molar-refractivity contribution is -0.137. The summed E-state index contributed by atoms with van der Waals surface area (Å²) in [5.74, 6) is -0.505. The normalized spacial score (nSPS) is 16.5. The molecule has 0 aromatic carbocycles. The quantitative estimate of drug-likeness (QED) is 0.527. The third-order valence-corrected chi connectivity index (χ3v) is 2.53. The summed E-state index contributed by atoms with van der Waals surface area (Å²) in [7, 11) is 0. The van der Waals surface area contributed by atoms with E-state index in [0.29, 0.717) is 6.61 Å². The van der Waals surface area contributed by atoms with Crippen LogP contribution in [0, 0.1) is 0 Å². The largest absolute Gasteiger partial charge is 0.463 e. The van der Waals surface area contributed by atoms with E-state index in [1.54, 1.807) is 6.92 Å². The van der Waals surface area contributed by atoms with Gasteiger partial charge in [0.2, 0.25) is 5.91 Å². The molecule has 0 spiro atoms. The Labute approximate surface area is 91.4 Å². The van der Waals surface area contributed by atoms with Gasteiger partial charge >= 0.3 is 5.97 Å². The van der Waals surface area contributed by atoms with Gasteiger partial charge < -0.3 is 4.74 Å². The van der Waals surface area contributed by atoms with E-state index in [1.165, 1.54) is 12.2 Å². The van der Waals surface area contributed by atoms with E-state index in [0.717, 1.165) is 16.7 Å². The molecule has 5 nitrogen and oxygen atoms in total. The summed E-state index contributed by atoms with van der Waals surface area (Å²) in [6, 6.07) is 0. The van der Waals surface area contributed by atoms with Gasteiger partial charge in [0.05, 0.1) is 12.4 Å². The van der Waals surface area contributed by atoms with Crippen molar-refractivity contribution < 1.29 is 19.1 Å². The van der Waals surface area contributed by atoms with Gasteiger partial charge in [0.1, 0.15) is 0 Å². The summed E-state index contributed by atoms with van der Waals surface area (Å²) in [5, 5.41) is -0.270. The van der Waals surface area contributed by atoms with E-state index in [-0.39, 0.29) is 23.4 Å². The van der Waals surface area contributed by atoms with Gasteiger partial charge in [0, 0.05) is 12.6 Å². The maximum atomic E-state index is 11.1. The molecule has 1 heterocycles. The third kappa shape index (κ3) is 3.39. The van der Waals surface area contributed by atoms with Crippen molar-refractivity contribution in [2.24, 2.45) is 0 Å². The number of esters is 1. The summed E-state index contributed by atoms with van der Waals surface area (Å²) in [4.78, 5) is 34.2. The molecule has 0 bridgehead atoms. The van der Waals surface area contributed by atoms with Crippen LogP contribution in [0.5, 0.6) is 0 Å². The minimum atomic E-state index is -0.468. The first-order chi connectivity index (χ1) is 7.15. The van der Waals surface area contributed by atoms with Gasteiger partial charge in [0.15, 0.2) is 0 Å². The molecule has 1 saturated heterocycles. The Bertz CT molecular complexity index is 297. The molecule has 82 valence electrons. The van der Waals surface area contributed by atoms with Crippen molar-refractivity contribution >= 4 is 28.9 Å². The molecule has 1 rings (SSSR count). The SMILES string of the molecule is CCOC(=O)C=CCN1C(=O)CSC1=O. The summed E-state index contributed by atoms with van der Waals surface area (Å²) < 4.78 is 4.64. The minimum absolute atomic E-state index is 0.128. The van der Waals surface area contributed by atoms with Gasteiger partial charge in [-0.3, -0.25) is 14.5 Å². The van der Waals surface area contributed by atoms with E-state index in [1.807, 2.05) is 0 Å². The summed E-state index contributed by atoms with van der Waals surface area (Å²) >= 11 is 0.970. The van der Waals surface area contributed by atoms with Crippen LogP contribution in [0.1, 0.15) is 6.92 Å². The number of hydrogen-bond donors (Lipinski definition) is 0. The maximum absolute atomic E-state index is 11.1. The number of hydrogen-bond acceptors (Lipinski definition) is 5. The molecule has 0 aromatic rings. The number of carbonyl (C=O) groups excluding carboxylic acids is 3. The van der Waals surface area contributed by atoms with Gasteiger partial charge in [-0.25, -0.2) is 4.79 Å². The summed E-state index contributed by atoms with van der Waals surface area (Å²) in [5.41, 5.74) is 0. The second-order valence-electron chi connectivity index (χ2n) is 2.71. The Kier molecular flexibility index (Phi) is 4.36. The van der Waals surface area contributed by atoms with E-state index in [2.05, 4.69) is 4.74 Å². The third-order valence-electron chi connectivity index (χ3n) is 1.67. The van der Waals surface area contributed by atoms with Crippen LogP contribution < -0.4 is 0 Å². The van der Waals surface area contributed by atoms with E-state index in [9.17, 15) is 14.4 Å². The molecule has 15 heavy (non-hydrogen) atoms. The molecule has 0 N–H and O–H groups in total. The minimum Gasteiger partial charge on any atom is -0.463 e. The molecule has 6 heteroatoms. The number of nitrogens with zero attached hydrogens (tertiary/aromatic N) is 1. The molecule has 0 saturated carbocycles. The first-order valence-corrected chi connectivity index (χ1v) is 5.44. The average molecular weight is 229 g/mol. The average Bonchev–Trinajstić information content (AvgIpc) is 2.49. The Hall–Kier alpha value is -1.30. The molecule has 0 unspecified atom stereocenters. The van der Waals surface area contributed by atoms with Crippen molar-refractivity contribution in [3.8, 4) is 0 Å². The number of imide groups is 1. The second kappa shape index (κ2) is 5.55. The van der Waals surface area contributed by atoms with Gasteiger partial charge in [-0.05, 0) is 6.92 Å². The molecule has 0 radical (unpaired) electrons. The van der Waals surface area contributed by atoms with Gasteiger partial charge in [0.25, 0.3) is 5.24 Å². The van der Waals surface area contributed by atoms with Crippen LogP contribution in [0.2, 0.25) is 0 Å². The molecule has 1 aliphatic heterocycles. The monoisotopic (exact) mass is 229 g/mol. The molecule has 1 aliphatic rings. The predicted molar refractivity (Wildman–Crippen MR) is 55.3 cm³/mol. The lowest BCUT2D eigenvalue weighted by Gasteiger charge is -2.08. The van der Waals surface area contributed by atoms with E-state index < -0.39 is 5.97 Å². The molecule has 2 amide bonds. The zero-order valence-electron chi connectivity index (χ0n) is 8.26. The summed E-state index contributed by atoms with van der Waals surface area (Å²) in [6.07, 6.45) is 2.66. The van der Waals surface area contributed by atoms with Crippen LogP contribution in [0.15, 0.2) is 12.2 Å². The fraction of sp³-hybridized carbons (Fsp3) is 0.444. The van der Waals surface area contributed by atoms with Crippen LogP contribution >= 0.6 is 11.8 Å². The lowest BCUT2D eigenvalue weighted by atomic mass is 10.4. The van der Waals surface area contributed by atoms with Crippen molar-refractivity contribution in [1.29, 1.82) is 0 Å². The van der Waals surface area contributed by atoms with Crippen LogP contribution in [-0.2, 0) is 14.3 Å². The number of thioether (sulfide) groups is 1. The van der Waals surface area contributed by atoms with Crippen molar-refractivity contribution in [2.75, 3.05) is 18.9 Å². The van der Waals surface area contributed by atoms with Gasteiger partial charge in [-0.15, -0.1) is 0 Å². The number of rotatable bonds is 4. The highest BCUT2D eigenvalue weighted by molar-refractivity contribution is 8.14. The second-order valence-corrected chi connectivity index (χ2v) is 3.64.